The highest BCUT2D eigenvalue weighted by molar-refractivity contribution is 7.92. The van der Waals surface area contributed by atoms with Crippen molar-refractivity contribution in [3.63, 3.8) is 0 Å². The van der Waals surface area contributed by atoms with Crippen LogP contribution in [-0.4, -0.2) is 56.5 Å². The van der Waals surface area contributed by atoms with Crippen LogP contribution in [0.1, 0.15) is 39.5 Å². The Morgan fingerprint density at radius 2 is 1.95 bits per heavy atom. The number of piperidine rings is 1. The average molecular weight is 288 g/mol. The zero-order chi connectivity index (χ0) is 13.9. The van der Waals surface area contributed by atoms with Gasteiger partial charge in [0, 0.05) is 12.6 Å². The van der Waals surface area contributed by atoms with Gasteiger partial charge in [0.05, 0.1) is 11.0 Å². The highest BCUT2D eigenvalue weighted by atomic mass is 32.2. The lowest BCUT2D eigenvalue weighted by atomic mass is 9.90. The van der Waals surface area contributed by atoms with E-state index in [-0.39, 0.29) is 5.25 Å². The van der Waals surface area contributed by atoms with Crippen LogP contribution in [0.5, 0.6) is 0 Å². The van der Waals surface area contributed by atoms with Crippen LogP contribution in [-0.2, 0) is 9.84 Å². The Morgan fingerprint density at radius 1 is 1.26 bits per heavy atom. The van der Waals surface area contributed by atoms with Crippen LogP contribution in [0, 0.1) is 5.92 Å². The zero-order valence-corrected chi connectivity index (χ0v) is 13.1. The van der Waals surface area contributed by atoms with Crippen LogP contribution in [0.2, 0.25) is 0 Å². The first-order valence-electron chi connectivity index (χ1n) is 7.70. The van der Waals surface area contributed by atoms with Gasteiger partial charge in [0.1, 0.15) is 0 Å². The molecular formula is C14H28N2O2S. The lowest BCUT2D eigenvalue weighted by Gasteiger charge is -2.34. The Morgan fingerprint density at radius 3 is 2.47 bits per heavy atom. The summed E-state index contributed by atoms with van der Waals surface area (Å²) in [4.78, 5) is 2.49. The van der Waals surface area contributed by atoms with E-state index >= 15 is 0 Å². The molecule has 2 saturated heterocycles. The second kappa shape index (κ2) is 6.55. The molecule has 4 nitrogen and oxygen atoms in total. The van der Waals surface area contributed by atoms with E-state index in [0.29, 0.717) is 24.3 Å². The first-order valence-corrected chi connectivity index (χ1v) is 9.41. The second-order valence-electron chi connectivity index (χ2n) is 6.10. The molecule has 0 aromatic heterocycles. The number of nitrogens with one attached hydrogen (secondary N) is 1. The monoisotopic (exact) mass is 288 g/mol. The number of rotatable bonds is 5. The predicted octanol–water partition coefficient (Wildman–Crippen LogP) is 1.27. The van der Waals surface area contributed by atoms with Crippen molar-refractivity contribution in [2.75, 3.05) is 31.9 Å². The molecule has 0 aliphatic carbocycles. The van der Waals surface area contributed by atoms with E-state index in [9.17, 15) is 8.42 Å². The molecule has 0 amide bonds. The summed E-state index contributed by atoms with van der Waals surface area (Å²) in [5.41, 5.74) is 0. The number of hydrogen-bond donors (Lipinski definition) is 1. The Labute approximate surface area is 117 Å². The molecule has 0 spiro atoms. The first-order chi connectivity index (χ1) is 9.03. The molecule has 0 radical (unpaired) electrons. The maximum Gasteiger partial charge on any atom is 0.154 e. The largest absolute Gasteiger partial charge is 0.313 e. The van der Waals surface area contributed by atoms with E-state index in [1.54, 1.807) is 0 Å². The Bertz CT molecular complexity index is 375. The van der Waals surface area contributed by atoms with E-state index in [1.165, 1.54) is 25.9 Å². The molecule has 2 heterocycles. The minimum Gasteiger partial charge on any atom is -0.313 e. The third-order valence-electron chi connectivity index (χ3n) is 4.92. The van der Waals surface area contributed by atoms with Gasteiger partial charge in [0.25, 0.3) is 0 Å². The predicted molar refractivity (Wildman–Crippen MR) is 79.1 cm³/mol. The van der Waals surface area contributed by atoms with Crippen molar-refractivity contribution < 1.29 is 8.42 Å². The number of hydrogen-bond acceptors (Lipinski definition) is 4. The SMILES string of the molecule is CCN1CCC(C(C)NCC2CCCS2(=O)=O)CC1. The van der Waals surface area contributed by atoms with Gasteiger partial charge in [-0.3, -0.25) is 0 Å². The highest BCUT2D eigenvalue weighted by Gasteiger charge is 2.32. The minimum atomic E-state index is -2.80. The van der Waals surface area contributed by atoms with Crippen LogP contribution >= 0.6 is 0 Å². The molecule has 19 heavy (non-hydrogen) atoms. The van der Waals surface area contributed by atoms with Gasteiger partial charge >= 0.3 is 0 Å². The van der Waals surface area contributed by atoms with Gasteiger partial charge in [-0.05, 0) is 58.2 Å². The van der Waals surface area contributed by atoms with Crippen molar-refractivity contribution >= 4 is 9.84 Å². The summed E-state index contributed by atoms with van der Waals surface area (Å²) in [6.07, 6.45) is 4.16. The van der Waals surface area contributed by atoms with Crippen molar-refractivity contribution in [3.8, 4) is 0 Å². The molecule has 1 N–H and O–H groups in total. The summed E-state index contributed by atoms with van der Waals surface area (Å²) in [6.45, 7) is 8.61. The lowest BCUT2D eigenvalue weighted by Crippen LogP contribution is -2.44. The van der Waals surface area contributed by atoms with Crippen molar-refractivity contribution in [2.24, 2.45) is 5.92 Å². The maximum absolute atomic E-state index is 11.8. The molecule has 2 atom stereocenters. The van der Waals surface area contributed by atoms with Crippen molar-refractivity contribution in [1.82, 2.24) is 10.2 Å². The topological polar surface area (TPSA) is 49.4 Å². The smallest absolute Gasteiger partial charge is 0.154 e. The summed E-state index contributed by atoms with van der Waals surface area (Å²) in [5, 5.41) is 3.35. The van der Waals surface area contributed by atoms with E-state index in [2.05, 4.69) is 24.1 Å². The van der Waals surface area contributed by atoms with Gasteiger partial charge in [-0.2, -0.15) is 0 Å². The first kappa shape index (κ1) is 15.3. The Hall–Kier alpha value is -0.130. The summed E-state index contributed by atoms with van der Waals surface area (Å²) >= 11 is 0. The normalized spacial score (nSPS) is 30.5. The fraction of sp³-hybridized carbons (Fsp3) is 1.00. The molecule has 0 aromatic carbocycles. The molecule has 2 fully saturated rings. The molecule has 2 aliphatic rings. The molecule has 2 unspecified atom stereocenters. The molecule has 0 saturated carbocycles. The third kappa shape index (κ3) is 3.92. The molecule has 112 valence electrons. The molecule has 2 rings (SSSR count). The van der Waals surface area contributed by atoms with Gasteiger partial charge in [0.2, 0.25) is 0 Å². The number of nitrogens with zero attached hydrogens (tertiary/aromatic N) is 1. The van der Waals surface area contributed by atoms with Gasteiger partial charge in [-0.1, -0.05) is 6.92 Å². The quantitative estimate of drug-likeness (QED) is 0.828. The van der Waals surface area contributed by atoms with Gasteiger partial charge < -0.3 is 10.2 Å². The molecule has 5 heteroatoms. The zero-order valence-electron chi connectivity index (χ0n) is 12.3. The summed E-state index contributed by atoms with van der Waals surface area (Å²) in [7, 11) is -2.80. The maximum atomic E-state index is 11.8. The Kier molecular flexibility index (Phi) is 5.26. The highest BCUT2D eigenvalue weighted by Crippen LogP contribution is 2.22. The number of sulfone groups is 1. The summed E-state index contributed by atoms with van der Waals surface area (Å²) in [5.74, 6) is 1.09. The van der Waals surface area contributed by atoms with Crippen LogP contribution in [0.15, 0.2) is 0 Å². The van der Waals surface area contributed by atoms with E-state index in [1.807, 2.05) is 0 Å². The Balaban J connectivity index is 1.74. The average Bonchev–Trinajstić information content (AvgIpc) is 2.75. The fourth-order valence-electron chi connectivity index (χ4n) is 3.34. The van der Waals surface area contributed by atoms with E-state index < -0.39 is 9.84 Å². The summed E-state index contributed by atoms with van der Waals surface area (Å²) in [6, 6.07) is 0.440. The summed E-state index contributed by atoms with van der Waals surface area (Å²) < 4.78 is 23.6. The lowest BCUT2D eigenvalue weighted by molar-refractivity contribution is 0.169. The van der Waals surface area contributed by atoms with Crippen LogP contribution in [0.4, 0.5) is 0 Å². The van der Waals surface area contributed by atoms with Gasteiger partial charge in [-0.15, -0.1) is 0 Å². The van der Waals surface area contributed by atoms with Crippen molar-refractivity contribution in [2.45, 2.75) is 50.8 Å². The van der Waals surface area contributed by atoms with E-state index in [0.717, 1.165) is 19.4 Å². The second-order valence-corrected chi connectivity index (χ2v) is 8.50. The standard InChI is InChI=1S/C14H28N2O2S/c1-3-16-8-6-13(7-9-16)12(2)15-11-14-5-4-10-19(14,17)18/h12-15H,3-11H2,1-2H3. The molecular weight excluding hydrogens is 260 g/mol. The van der Waals surface area contributed by atoms with Crippen molar-refractivity contribution in [3.05, 3.63) is 0 Å². The van der Waals surface area contributed by atoms with Crippen LogP contribution < -0.4 is 5.32 Å². The van der Waals surface area contributed by atoms with Gasteiger partial charge in [-0.25, -0.2) is 8.42 Å². The fourth-order valence-corrected chi connectivity index (χ4v) is 5.12. The molecule has 0 bridgehead atoms. The van der Waals surface area contributed by atoms with Crippen LogP contribution in [0.25, 0.3) is 0 Å². The van der Waals surface area contributed by atoms with Crippen molar-refractivity contribution in [1.29, 1.82) is 0 Å². The molecule has 0 aromatic rings. The number of likely N-dealkylation sites (tertiary alicyclic amines) is 1. The minimum absolute atomic E-state index is 0.134. The molecule has 2 aliphatic heterocycles. The van der Waals surface area contributed by atoms with Crippen LogP contribution in [0.3, 0.4) is 0 Å². The van der Waals surface area contributed by atoms with Gasteiger partial charge in [0.15, 0.2) is 9.84 Å². The third-order valence-corrected chi connectivity index (χ3v) is 7.19. The van der Waals surface area contributed by atoms with E-state index in [4.69, 9.17) is 0 Å².